The number of halogens is 1. The fraction of sp³-hybridized carbons (Fsp3) is 0.188. The maximum absolute atomic E-state index is 5.39. The summed E-state index contributed by atoms with van der Waals surface area (Å²) in [7, 11) is 3.27. The lowest BCUT2D eigenvalue weighted by molar-refractivity contribution is 0.355. The van der Waals surface area contributed by atoms with Gasteiger partial charge in [-0.25, -0.2) is 4.98 Å². The third kappa shape index (κ3) is 2.27. The van der Waals surface area contributed by atoms with Crippen molar-refractivity contribution in [2.24, 2.45) is 0 Å². The van der Waals surface area contributed by atoms with Crippen molar-refractivity contribution in [1.29, 1.82) is 0 Å². The molecule has 0 radical (unpaired) electrons. The van der Waals surface area contributed by atoms with Crippen LogP contribution >= 0.6 is 15.9 Å². The molecule has 5 heteroatoms. The molecule has 0 unspecified atom stereocenters. The van der Waals surface area contributed by atoms with Crippen molar-refractivity contribution in [1.82, 2.24) is 9.38 Å². The lowest BCUT2D eigenvalue weighted by Crippen LogP contribution is -1.93. The number of rotatable bonds is 3. The molecule has 0 N–H and O–H groups in total. The molecular weight excluding hydrogens is 332 g/mol. The highest BCUT2D eigenvalue weighted by molar-refractivity contribution is 9.10. The Morgan fingerprint density at radius 3 is 2.57 bits per heavy atom. The molecule has 2 aromatic heterocycles. The standard InChI is InChI=1S/C16H15BrN2O2/c1-10-15(19-8-4-5-12(17)16(19)18-10)11-6-7-13(20-2)14(9-11)21-3/h4-9H,1-3H3. The van der Waals surface area contributed by atoms with Gasteiger partial charge in [-0.2, -0.15) is 0 Å². The molecule has 2 heterocycles. The smallest absolute Gasteiger partial charge is 0.161 e. The van der Waals surface area contributed by atoms with Crippen molar-refractivity contribution < 1.29 is 9.47 Å². The fourth-order valence-electron chi connectivity index (χ4n) is 2.48. The molecule has 3 aromatic rings. The Balaban J connectivity index is 2.25. The van der Waals surface area contributed by atoms with Gasteiger partial charge in [-0.05, 0) is 53.2 Å². The van der Waals surface area contributed by atoms with Crippen LogP contribution < -0.4 is 9.47 Å². The molecule has 0 spiro atoms. The Morgan fingerprint density at radius 2 is 1.86 bits per heavy atom. The highest BCUT2D eigenvalue weighted by Crippen LogP contribution is 2.34. The Bertz CT molecular complexity index is 811. The summed E-state index contributed by atoms with van der Waals surface area (Å²) in [5.74, 6) is 1.42. The van der Waals surface area contributed by atoms with Gasteiger partial charge in [0, 0.05) is 11.8 Å². The van der Waals surface area contributed by atoms with E-state index in [4.69, 9.17) is 9.47 Å². The van der Waals surface area contributed by atoms with E-state index in [2.05, 4.69) is 25.3 Å². The van der Waals surface area contributed by atoms with Crippen molar-refractivity contribution in [2.45, 2.75) is 6.92 Å². The van der Waals surface area contributed by atoms with E-state index in [1.807, 2.05) is 43.5 Å². The van der Waals surface area contributed by atoms with E-state index >= 15 is 0 Å². The van der Waals surface area contributed by atoms with E-state index < -0.39 is 0 Å². The lowest BCUT2D eigenvalue weighted by Gasteiger charge is -2.10. The maximum atomic E-state index is 5.39. The Kier molecular flexibility index (Phi) is 3.59. The van der Waals surface area contributed by atoms with Gasteiger partial charge >= 0.3 is 0 Å². The minimum atomic E-state index is 0.708. The molecule has 0 saturated carbocycles. The van der Waals surface area contributed by atoms with Crippen molar-refractivity contribution in [2.75, 3.05) is 14.2 Å². The molecule has 0 bridgehead atoms. The molecular formula is C16H15BrN2O2. The molecule has 108 valence electrons. The summed E-state index contributed by atoms with van der Waals surface area (Å²) in [6.07, 6.45) is 2.01. The fourth-order valence-corrected chi connectivity index (χ4v) is 2.91. The quantitative estimate of drug-likeness (QED) is 0.716. The van der Waals surface area contributed by atoms with E-state index in [0.29, 0.717) is 11.5 Å². The second-order valence-electron chi connectivity index (χ2n) is 4.67. The summed E-state index contributed by atoms with van der Waals surface area (Å²) >= 11 is 3.54. The van der Waals surface area contributed by atoms with E-state index in [1.165, 1.54) is 0 Å². The van der Waals surface area contributed by atoms with Gasteiger partial charge < -0.3 is 9.47 Å². The minimum absolute atomic E-state index is 0.708. The van der Waals surface area contributed by atoms with Crippen LogP contribution in [0.3, 0.4) is 0 Å². The number of imidazole rings is 1. The number of nitrogens with zero attached hydrogens (tertiary/aromatic N) is 2. The summed E-state index contributed by atoms with van der Waals surface area (Å²) < 4.78 is 13.7. The number of hydrogen-bond donors (Lipinski definition) is 0. The molecule has 21 heavy (non-hydrogen) atoms. The third-order valence-electron chi connectivity index (χ3n) is 3.43. The first-order chi connectivity index (χ1) is 10.2. The summed E-state index contributed by atoms with van der Waals surface area (Å²) in [6, 6.07) is 9.86. The number of aryl methyl sites for hydroxylation is 1. The highest BCUT2D eigenvalue weighted by atomic mass is 79.9. The van der Waals surface area contributed by atoms with Gasteiger partial charge in [-0.15, -0.1) is 0 Å². The zero-order valence-electron chi connectivity index (χ0n) is 12.1. The van der Waals surface area contributed by atoms with Crippen LogP contribution in [0.1, 0.15) is 5.69 Å². The lowest BCUT2D eigenvalue weighted by atomic mass is 10.1. The van der Waals surface area contributed by atoms with E-state index in [9.17, 15) is 0 Å². The molecule has 0 aliphatic rings. The van der Waals surface area contributed by atoms with Crippen LogP contribution in [0.4, 0.5) is 0 Å². The number of ether oxygens (including phenoxy) is 2. The first-order valence-corrected chi connectivity index (χ1v) is 7.30. The third-order valence-corrected chi connectivity index (χ3v) is 4.05. The number of benzene rings is 1. The first-order valence-electron chi connectivity index (χ1n) is 6.51. The Morgan fingerprint density at radius 1 is 1.10 bits per heavy atom. The average Bonchev–Trinajstić information content (AvgIpc) is 2.84. The average molecular weight is 347 g/mol. The number of pyridine rings is 1. The van der Waals surface area contributed by atoms with E-state index in [1.54, 1.807) is 14.2 Å². The van der Waals surface area contributed by atoms with Gasteiger partial charge in [0.25, 0.3) is 0 Å². The second kappa shape index (κ2) is 5.41. The molecule has 4 nitrogen and oxygen atoms in total. The minimum Gasteiger partial charge on any atom is -0.493 e. The van der Waals surface area contributed by atoms with Crippen LogP contribution in [-0.4, -0.2) is 23.6 Å². The SMILES string of the molecule is COc1ccc(-c2c(C)nc3c(Br)cccn23)cc1OC. The topological polar surface area (TPSA) is 35.8 Å². The largest absolute Gasteiger partial charge is 0.493 e. The van der Waals surface area contributed by atoms with Crippen LogP contribution in [0.25, 0.3) is 16.9 Å². The molecule has 0 atom stereocenters. The van der Waals surface area contributed by atoms with Gasteiger partial charge in [-0.1, -0.05) is 0 Å². The van der Waals surface area contributed by atoms with Crippen LogP contribution in [-0.2, 0) is 0 Å². The number of methoxy groups -OCH3 is 2. The summed E-state index contributed by atoms with van der Waals surface area (Å²) in [5, 5.41) is 0. The van der Waals surface area contributed by atoms with Crippen molar-refractivity contribution >= 4 is 21.6 Å². The molecule has 0 fully saturated rings. The number of aromatic nitrogens is 2. The van der Waals surface area contributed by atoms with Gasteiger partial charge in [0.15, 0.2) is 17.1 Å². The van der Waals surface area contributed by atoms with Crippen LogP contribution in [0.5, 0.6) is 11.5 Å². The Hall–Kier alpha value is -2.01. The molecule has 0 amide bonds. The van der Waals surface area contributed by atoms with Gasteiger partial charge in [0.05, 0.1) is 30.1 Å². The summed E-state index contributed by atoms with van der Waals surface area (Å²) in [5.41, 5.74) is 3.96. The van der Waals surface area contributed by atoms with Gasteiger partial charge in [0.1, 0.15) is 0 Å². The molecule has 3 rings (SSSR count). The molecule has 0 aliphatic carbocycles. The van der Waals surface area contributed by atoms with Gasteiger partial charge in [0.2, 0.25) is 0 Å². The number of hydrogen-bond acceptors (Lipinski definition) is 3. The Labute approximate surface area is 131 Å². The predicted molar refractivity (Wildman–Crippen MR) is 86.2 cm³/mol. The van der Waals surface area contributed by atoms with E-state index in [-0.39, 0.29) is 0 Å². The van der Waals surface area contributed by atoms with Crippen LogP contribution in [0, 0.1) is 6.92 Å². The van der Waals surface area contributed by atoms with Crippen molar-refractivity contribution in [3.05, 3.63) is 46.7 Å². The normalized spacial score (nSPS) is 10.9. The van der Waals surface area contributed by atoms with Crippen LogP contribution in [0.2, 0.25) is 0 Å². The van der Waals surface area contributed by atoms with E-state index in [0.717, 1.165) is 27.1 Å². The summed E-state index contributed by atoms with van der Waals surface area (Å²) in [6.45, 7) is 2.01. The molecule has 1 aromatic carbocycles. The first kappa shape index (κ1) is 13.9. The molecule has 0 aliphatic heterocycles. The second-order valence-corrected chi connectivity index (χ2v) is 5.52. The molecule has 0 saturated heterocycles. The number of fused-ring (bicyclic) bond motifs is 1. The zero-order valence-corrected chi connectivity index (χ0v) is 13.6. The van der Waals surface area contributed by atoms with Crippen LogP contribution in [0.15, 0.2) is 41.0 Å². The monoisotopic (exact) mass is 346 g/mol. The maximum Gasteiger partial charge on any atom is 0.161 e. The highest BCUT2D eigenvalue weighted by Gasteiger charge is 2.14. The van der Waals surface area contributed by atoms with Crippen molar-refractivity contribution in [3.63, 3.8) is 0 Å². The predicted octanol–water partition coefficient (Wildman–Crippen LogP) is 4.09. The van der Waals surface area contributed by atoms with Gasteiger partial charge in [-0.3, -0.25) is 4.40 Å². The van der Waals surface area contributed by atoms with Crippen molar-refractivity contribution in [3.8, 4) is 22.8 Å². The summed E-state index contributed by atoms with van der Waals surface area (Å²) in [4.78, 5) is 4.63. The zero-order chi connectivity index (χ0) is 15.0.